The van der Waals surface area contributed by atoms with Crippen molar-refractivity contribution in [2.24, 2.45) is 5.92 Å². The Kier molecular flexibility index (Phi) is 10.4. The zero-order valence-electron chi connectivity index (χ0n) is 23.2. The third-order valence-corrected chi connectivity index (χ3v) is 6.18. The number of aromatic nitrogens is 2. The van der Waals surface area contributed by atoms with Crippen molar-refractivity contribution in [3.8, 4) is 28.6 Å². The fraction of sp³-hybridized carbons (Fsp3) is 0.483. The van der Waals surface area contributed by atoms with Crippen LogP contribution in [0.15, 0.2) is 34.9 Å². The molecular formula is C29H40N4O5. The third-order valence-electron chi connectivity index (χ3n) is 6.18. The van der Waals surface area contributed by atoms with Crippen LogP contribution in [0.3, 0.4) is 0 Å². The van der Waals surface area contributed by atoms with E-state index < -0.39 is 18.6 Å². The van der Waals surface area contributed by atoms with Crippen LogP contribution in [-0.2, 0) is 17.8 Å². The lowest BCUT2D eigenvalue weighted by Gasteiger charge is -2.19. The van der Waals surface area contributed by atoms with Gasteiger partial charge in [0.2, 0.25) is 11.7 Å². The zero-order chi connectivity index (χ0) is 27.8. The minimum absolute atomic E-state index is 0.00174. The second-order valence-electron chi connectivity index (χ2n) is 10.2. The average molecular weight is 525 g/mol. The first kappa shape index (κ1) is 29.3. The van der Waals surface area contributed by atoms with Gasteiger partial charge in [0, 0.05) is 30.8 Å². The Balaban J connectivity index is 1.78. The number of carbonyl (C=O) groups is 1. The van der Waals surface area contributed by atoms with E-state index in [2.05, 4.69) is 54.5 Å². The molecule has 3 rings (SSSR count). The molecule has 3 aromatic rings. The molecule has 0 aliphatic rings. The van der Waals surface area contributed by atoms with Crippen molar-refractivity contribution < 1.29 is 24.3 Å². The van der Waals surface area contributed by atoms with E-state index in [9.17, 15) is 9.90 Å². The molecule has 2 aromatic carbocycles. The molecule has 0 bridgehead atoms. The summed E-state index contributed by atoms with van der Waals surface area (Å²) < 4.78 is 11.6. The van der Waals surface area contributed by atoms with Gasteiger partial charge in [0.25, 0.3) is 5.89 Å². The van der Waals surface area contributed by atoms with E-state index in [0.717, 1.165) is 40.9 Å². The van der Waals surface area contributed by atoms with E-state index in [1.807, 2.05) is 32.9 Å². The van der Waals surface area contributed by atoms with Gasteiger partial charge in [-0.05, 0) is 73.7 Å². The summed E-state index contributed by atoms with van der Waals surface area (Å²) in [6.45, 7) is 11.7. The van der Waals surface area contributed by atoms with Crippen LogP contribution in [-0.4, -0.2) is 70.6 Å². The molecule has 1 aromatic heterocycles. The quantitative estimate of drug-likeness (QED) is 0.311. The second-order valence-corrected chi connectivity index (χ2v) is 10.2. The van der Waals surface area contributed by atoms with Gasteiger partial charge >= 0.3 is 0 Å². The number of benzene rings is 2. The minimum Gasteiger partial charge on any atom is -0.490 e. The van der Waals surface area contributed by atoms with Crippen molar-refractivity contribution >= 4 is 5.91 Å². The summed E-state index contributed by atoms with van der Waals surface area (Å²) in [6.07, 6.45) is -0.199. The number of nitrogens with one attached hydrogen (secondary N) is 1. The first-order valence-corrected chi connectivity index (χ1v) is 13.1. The number of amides is 1. The Morgan fingerprint density at radius 2 is 1.95 bits per heavy atom. The molecule has 3 N–H and O–H groups in total. The Hall–Kier alpha value is -3.27. The van der Waals surface area contributed by atoms with Gasteiger partial charge in [-0.2, -0.15) is 4.98 Å². The molecule has 1 atom stereocenters. The molecular weight excluding hydrogens is 484 g/mol. The van der Waals surface area contributed by atoms with Crippen molar-refractivity contribution in [1.82, 2.24) is 20.4 Å². The lowest BCUT2D eigenvalue weighted by Crippen LogP contribution is -2.36. The van der Waals surface area contributed by atoms with Gasteiger partial charge in [-0.15, -0.1) is 0 Å². The maximum absolute atomic E-state index is 11.2. The van der Waals surface area contributed by atoms with E-state index in [4.69, 9.17) is 19.4 Å². The van der Waals surface area contributed by atoms with Crippen molar-refractivity contribution in [2.45, 2.75) is 53.7 Å². The maximum atomic E-state index is 11.2. The average Bonchev–Trinajstić information content (AvgIpc) is 3.36. The van der Waals surface area contributed by atoms with Crippen molar-refractivity contribution in [3.63, 3.8) is 0 Å². The molecule has 0 aliphatic heterocycles. The van der Waals surface area contributed by atoms with Gasteiger partial charge in [-0.1, -0.05) is 38.1 Å². The lowest BCUT2D eigenvalue weighted by molar-refractivity contribution is -0.124. The predicted octanol–water partition coefficient (Wildman–Crippen LogP) is 3.52. The molecule has 1 amide bonds. The van der Waals surface area contributed by atoms with E-state index in [1.165, 1.54) is 5.56 Å². The van der Waals surface area contributed by atoms with Gasteiger partial charge in [-0.25, -0.2) is 0 Å². The molecule has 0 saturated carbocycles. The highest BCUT2D eigenvalue weighted by molar-refractivity contribution is 5.76. The van der Waals surface area contributed by atoms with E-state index >= 15 is 0 Å². The molecule has 38 heavy (non-hydrogen) atoms. The number of ether oxygens (including phenoxy) is 1. The van der Waals surface area contributed by atoms with Crippen molar-refractivity contribution in [2.75, 3.05) is 33.4 Å². The largest absolute Gasteiger partial charge is 0.490 e. The summed E-state index contributed by atoms with van der Waals surface area (Å²) >= 11 is 0. The SMILES string of the molecule is CCc1cc(-c2noc(-c3cc(CN(C)CC(C)C)ccc3C)n2)cc(C)c1OC[C@@H](O)CNC(=O)CO. The first-order chi connectivity index (χ1) is 18.1. The summed E-state index contributed by atoms with van der Waals surface area (Å²) in [7, 11) is 2.13. The number of hydrogen-bond acceptors (Lipinski definition) is 8. The van der Waals surface area contributed by atoms with Gasteiger partial charge < -0.3 is 29.7 Å². The molecule has 0 unspecified atom stereocenters. The number of aliphatic hydroxyl groups excluding tert-OH is 2. The van der Waals surface area contributed by atoms with Crippen LogP contribution < -0.4 is 10.1 Å². The Morgan fingerprint density at radius 3 is 2.63 bits per heavy atom. The number of nitrogens with zero attached hydrogens (tertiary/aromatic N) is 3. The van der Waals surface area contributed by atoms with Crippen LogP contribution in [0.2, 0.25) is 0 Å². The smallest absolute Gasteiger partial charge is 0.258 e. The first-order valence-electron chi connectivity index (χ1n) is 13.1. The number of aliphatic hydroxyl groups is 2. The van der Waals surface area contributed by atoms with Gasteiger partial charge in [0.05, 0.1) is 0 Å². The Labute approximate surface area is 224 Å². The highest BCUT2D eigenvalue weighted by Gasteiger charge is 2.18. The summed E-state index contributed by atoms with van der Waals surface area (Å²) in [5.74, 6) is 1.72. The molecule has 9 nitrogen and oxygen atoms in total. The normalized spacial score (nSPS) is 12.3. The number of hydrogen-bond donors (Lipinski definition) is 3. The molecule has 206 valence electrons. The Bertz CT molecular complexity index is 1220. The van der Waals surface area contributed by atoms with Crippen LogP contribution in [0.25, 0.3) is 22.8 Å². The Morgan fingerprint density at radius 1 is 1.18 bits per heavy atom. The van der Waals surface area contributed by atoms with E-state index in [0.29, 0.717) is 29.8 Å². The summed E-state index contributed by atoms with van der Waals surface area (Å²) in [4.78, 5) is 18.2. The zero-order valence-corrected chi connectivity index (χ0v) is 23.2. The standard InChI is InChI=1S/C29H40N4O5/c1-7-22-12-23(10-20(5)27(22)37-17-24(35)13-30-26(36)16-34)28-31-29(38-32-28)25-11-21(9-8-19(25)4)15-33(6)14-18(2)3/h8-12,18,24,34-35H,7,13-17H2,1-6H3,(H,30,36)/t24-/m0/s1. The monoisotopic (exact) mass is 524 g/mol. The molecule has 1 heterocycles. The van der Waals surface area contributed by atoms with Crippen molar-refractivity contribution in [1.29, 1.82) is 0 Å². The minimum atomic E-state index is -0.904. The van der Waals surface area contributed by atoms with Gasteiger partial charge in [-0.3, -0.25) is 4.79 Å². The van der Waals surface area contributed by atoms with Crippen molar-refractivity contribution in [3.05, 3.63) is 52.6 Å². The summed E-state index contributed by atoms with van der Waals surface area (Å²) in [5, 5.41) is 25.6. The third kappa shape index (κ3) is 7.86. The molecule has 0 spiro atoms. The van der Waals surface area contributed by atoms with Crippen LogP contribution in [0.5, 0.6) is 5.75 Å². The highest BCUT2D eigenvalue weighted by Crippen LogP contribution is 2.32. The van der Waals surface area contributed by atoms with Crippen LogP contribution >= 0.6 is 0 Å². The molecule has 9 heteroatoms. The molecule has 0 aliphatic carbocycles. The lowest BCUT2D eigenvalue weighted by atomic mass is 10.0. The number of carbonyl (C=O) groups excluding carboxylic acids is 1. The van der Waals surface area contributed by atoms with Crippen LogP contribution in [0, 0.1) is 19.8 Å². The van der Waals surface area contributed by atoms with E-state index in [1.54, 1.807) is 0 Å². The highest BCUT2D eigenvalue weighted by atomic mass is 16.5. The van der Waals surface area contributed by atoms with Gasteiger partial charge in [0.15, 0.2) is 0 Å². The molecule has 0 radical (unpaired) electrons. The fourth-order valence-electron chi connectivity index (χ4n) is 4.42. The fourth-order valence-corrected chi connectivity index (χ4v) is 4.42. The van der Waals surface area contributed by atoms with Gasteiger partial charge in [0.1, 0.15) is 25.1 Å². The number of rotatable bonds is 13. The summed E-state index contributed by atoms with van der Waals surface area (Å²) in [6, 6.07) is 10.3. The topological polar surface area (TPSA) is 121 Å². The summed E-state index contributed by atoms with van der Waals surface area (Å²) in [5.41, 5.74) is 5.83. The number of aryl methyl sites for hydroxylation is 3. The second kappa shape index (κ2) is 13.5. The predicted molar refractivity (Wildman–Crippen MR) is 147 cm³/mol. The van der Waals surface area contributed by atoms with Crippen LogP contribution in [0.4, 0.5) is 0 Å². The maximum Gasteiger partial charge on any atom is 0.258 e. The van der Waals surface area contributed by atoms with Crippen LogP contribution in [0.1, 0.15) is 43.0 Å². The molecule has 0 saturated heterocycles. The molecule has 0 fully saturated rings. The van der Waals surface area contributed by atoms with E-state index in [-0.39, 0.29) is 13.2 Å².